The minimum atomic E-state index is -1.02. The van der Waals surface area contributed by atoms with Gasteiger partial charge in [-0.1, -0.05) is 121 Å². The molecule has 0 atom stereocenters. The van der Waals surface area contributed by atoms with Crippen LogP contribution in [-0.2, 0) is 52.1 Å². The van der Waals surface area contributed by atoms with Gasteiger partial charge in [0.15, 0.2) is 0 Å². The SMILES string of the molecule is O=C(O)c1ccc(COc2c3cccc2Cc2cccc(c2OCc2ccc(C(=O)O)cc2)Cc2cccc(c2OCc2ccc(C(=O)O)cc2)Cc2cccc(c2OCc2ccc(C(=O)O)cc2)C3)cc1. The maximum Gasteiger partial charge on any atom is 0.335 e. The van der Waals surface area contributed by atoms with E-state index in [4.69, 9.17) is 18.9 Å². The van der Waals surface area contributed by atoms with Crippen LogP contribution in [0.25, 0.3) is 0 Å². The van der Waals surface area contributed by atoms with E-state index in [1.165, 1.54) is 0 Å². The van der Waals surface area contributed by atoms with Crippen molar-refractivity contribution in [3.63, 3.8) is 0 Å². The lowest BCUT2D eigenvalue weighted by Gasteiger charge is -2.23. The van der Waals surface area contributed by atoms with Crippen molar-refractivity contribution in [2.75, 3.05) is 0 Å². The Labute approximate surface area is 414 Å². The highest BCUT2D eigenvalue weighted by molar-refractivity contribution is 5.89. The molecule has 1 aliphatic carbocycles. The molecule has 8 aromatic rings. The molecule has 0 aliphatic heterocycles. The molecule has 8 bridgehead atoms. The lowest BCUT2D eigenvalue weighted by molar-refractivity contribution is 0.0686. The Kier molecular flexibility index (Phi) is 14.4. The van der Waals surface area contributed by atoms with Crippen molar-refractivity contribution in [3.05, 3.63) is 259 Å². The summed E-state index contributed by atoms with van der Waals surface area (Å²) in [5.74, 6) is -1.51. The number of carboxylic acids is 4. The van der Waals surface area contributed by atoms with Crippen molar-refractivity contribution in [2.24, 2.45) is 0 Å². The Bertz CT molecular complexity index is 2760. The first-order valence-electron chi connectivity index (χ1n) is 23.2. The molecule has 72 heavy (non-hydrogen) atoms. The summed E-state index contributed by atoms with van der Waals surface area (Å²) in [5, 5.41) is 38.3. The highest BCUT2D eigenvalue weighted by atomic mass is 16.5. The highest BCUT2D eigenvalue weighted by Crippen LogP contribution is 2.40. The van der Waals surface area contributed by atoms with Gasteiger partial charge in [0.1, 0.15) is 49.4 Å². The summed E-state index contributed by atoms with van der Waals surface area (Å²) >= 11 is 0. The smallest absolute Gasteiger partial charge is 0.335 e. The number of rotatable bonds is 16. The first-order chi connectivity index (χ1) is 34.9. The zero-order chi connectivity index (χ0) is 50.1. The molecule has 12 heteroatoms. The number of hydrogen-bond acceptors (Lipinski definition) is 8. The second-order valence-corrected chi connectivity index (χ2v) is 17.5. The van der Waals surface area contributed by atoms with Crippen molar-refractivity contribution in [2.45, 2.75) is 52.1 Å². The van der Waals surface area contributed by atoms with E-state index in [9.17, 15) is 39.6 Å². The fraction of sp³-hybridized carbons (Fsp3) is 0.133. The number of benzene rings is 8. The molecule has 0 saturated carbocycles. The van der Waals surface area contributed by atoms with Crippen LogP contribution in [0.5, 0.6) is 23.0 Å². The Hall–Kier alpha value is -9.16. The van der Waals surface area contributed by atoms with Crippen molar-refractivity contribution >= 4 is 23.9 Å². The Morgan fingerprint density at radius 1 is 0.278 bits per heavy atom. The van der Waals surface area contributed by atoms with Gasteiger partial charge in [0.05, 0.1) is 22.3 Å². The monoisotopic (exact) mass is 960 g/mol. The van der Waals surface area contributed by atoms with Gasteiger partial charge in [0, 0.05) is 25.7 Å². The molecule has 8 aromatic carbocycles. The van der Waals surface area contributed by atoms with Gasteiger partial charge < -0.3 is 39.4 Å². The normalized spacial score (nSPS) is 11.8. The summed E-state index contributed by atoms with van der Waals surface area (Å²) in [4.78, 5) is 46.7. The van der Waals surface area contributed by atoms with E-state index >= 15 is 0 Å². The molecule has 360 valence electrons. The van der Waals surface area contributed by atoms with Crippen LogP contribution in [0.15, 0.2) is 170 Å². The second-order valence-electron chi connectivity index (χ2n) is 17.5. The molecule has 4 N–H and O–H groups in total. The molecular weight excluding hydrogens is 913 g/mol. The molecule has 9 rings (SSSR count). The first-order valence-corrected chi connectivity index (χ1v) is 23.2. The van der Waals surface area contributed by atoms with Crippen LogP contribution in [0.4, 0.5) is 0 Å². The predicted molar refractivity (Wildman–Crippen MR) is 268 cm³/mol. The maximum absolute atomic E-state index is 11.7. The molecule has 1 aliphatic rings. The number of aromatic carboxylic acids is 4. The van der Waals surface area contributed by atoms with Crippen molar-refractivity contribution < 1.29 is 58.6 Å². The number of carbonyl (C=O) groups is 4. The molecule has 0 amide bonds. The Morgan fingerprint density at radius 3 is 0.597 bits per heavy atom. The predicted octanol–water partition coefficient (Wildman–Crippen LogP) is 11.5. The minimum absolute atomic E-state index is 0.149. The molecule has 0 spiro atoms. The van der Waals surface area contributed by atoms with Crippen molar-refractivity contribution in [1.29, 1.82) is 0 Å². The lowest BCUT2D eigenvalue weighted by atomic mass is 9.91. The average molecular weight is 961 g/mol. The molecule has 0 heterocycles. The average Bonchev–Trinajstić information content (AvgIpc) is 3.38. The van der Waals surface area contributed by atoms with E-state index in [1.807, 2.05) is 72.8 Å². The second kappa shape index (κ2) is 21.6. The summed E-state index contributed by atoms with van der Waals surface area (Å²) in [5.41, 5.74) is 10.7. The zero-order valence-corrected chi connectivity index (χ0v) is 38.9. The number of para-hydroxylation sites is 4. The number of ether oxygens (including phenoxy) is 4. The minimum Gasteiger partial charge on any atom is -0.488 e. The summed E-state index contributed by atoms with van der Waals surface area (Å²) in [6.45, 7) is 0.597. The molecular formula is C60H48O12. The van der Waals surface area contributed by atoms with Crippen LogP contribution < -0.4 is 18.9 Å². The van der Waals surface area contributed by atoms with E-state index in [0.29, 0.717) is 48.7 Å². The van der Waals surface area contributed by atoms with Crippen molar-refractivity contribution in [3.8, 4) is 23.0 Å². The van der Waals surface area contributed by atoms with Gasteiger partial charge in [-0.2, -0.15) is 0 Å². The summed E-state index contributed by atoms with van der Waals surface area (Å²) in [6, 6.07) is 50.4. The molecule has 0 aromatic heterocycles. The van der Waals surface area contributed by atoms with Gasteiger partial charge in [0.25, 0.3) is 0 Å². The standard InChI is InChI=1S/C60H48O12/c61-57(62)41-21-13-37(14-22-41)33-69-53-45-5-1-6-46(53)30-48-8-3-10-50(55(48)71-35-39-17-25-43(26-18-39)59(65)66)32-52-12-4-11-51(56(52)72-36-40-19-27-44(28-20-40)60(67)68)31-49-9-2-7-47(29-45)54(49)70-34-38-15-23-42(24-16-38)58(63)64/h1-28H,29-36H2,(H,61,62)(H,63,64)(H,65,66)(H,67,68). The van der Waals surface area contributed by atoms with E-state index in [0.717, 1.165) is 66.8 Å². The van der Waals surface area contributed by atoms with E-state index in [1.54, 1.807) is 97.1 Å². The maximum atomic E-state index is 11.7. The van der Waals surface area contributed by atoms with Gasteiger partial charge >= 0.3 is 23.9 Å². The third-order valence-electron chi connectivity index (χ3n) is 12.6. The largest absolute Gasteiger partial charge is 0.488 e. The highest BCUT2D eigenvalue weighted by Gasteiger charge is 2.23. The Balaban J connectivity index is 1.17. The molecule has 0 saturated heterocycles. The summed E-state index contributed by atoms with van der Waals surface area (Å²) in [7, 11) is 0. The topological polar surface area (TPSA) is 186 Å². The third kappa shape index (κ3) is 11.3. The van der Waals surface area contributed by atoms with Crippen LogP contribution >= 0.6 is 0 Å². The van der Waals surface area contributed by atoms with Crippen molar-refractivity contribution in [1.82, 2.24) is 0 Å². The lowest BCUT2D eigenvalue weighted by Crippen LogP contribution is -2.09. The third-order valence-corrected chi connectivity index (χ3v) is 12.6. The van der Waals surface area contributed by atoms with Gasteiger partial charge in [-0.05, 0) is 115 Å². The van der Waals surface area contributed by atoms with E-state index in [2.05, 4.69) is 0 Å². The molecule has 0 radical (unpaired) electrons. The Morgan fingerprint density at radius 2 is 0.444 bits per heavy atom. The van der Waals surface area contributed by atoms with Crippen LogP contribution in [-0.4, -0.2) is 44.3 Å². The zero-order valence-electron chi connectivity index (χ0n) is 38.9. The van der Waals surface area contributed by atoms with E-state index in [-0.39, 0.29) is 48.7 Å². The fourth-order valence-electron chi connectivity index (χ4n) is 8.82. The molecule has 0 fully saturated rings. The van der Waals surface area contributed by atoms with Crippen LogP contribution in [0.2, 0.25) is 0 Å². The molecule has 12 nitrogen and oxygen atoms in total. The molecule has 0 unspecified atom stereocenters. The fourth-order valence-corrected chi connectivity index (χ4v) is 8.82. The quantitative estimate of drug-likeness (QED) is 0.0719. The summed E-state index contributed by atoms with van der Waals surface area (Å²) < 4.78 is 27.2. The van der Waals surface area contributed by atoms with Crippen LogP contribution in [0.3, 0.4) is 0 Å². The van der Waals surface area contributed by atoms with Gasteiger partial charge in [0.2, 0.25) is 0 Å². The van der Waals surface area contributed by atoms with Gasteiger partial charge in [-0.3, -0.25) is 0 Å². The van der Waals surface area contributed by atoms with Gasteiger partial charge in [-0.15, -0.1) is 0 Å². The number of fused-ring (bicyclic) bond motifs is 8. The number of hydrogen-bond donors (Lipinski definition) is 4. The first kappa shape index (κ1) is 47.9. The van der Waals surface area contributed by atoms with E-state index < -0.39 is 23.9 Å². The number of carboxylic acid groups (broad SMARTS) is 4. The van der Waals surface area contributed by atoms with Crippen LogP contribution in [0, 0.1) is 0 Å². The van der Waals surface area contributed by atoms with Gasteiger partial charge in [-0.25, -0.2) is 19.2 Å². The summed E-state index contributed by atoms with van der Waals surface area (Å²) in [6.07, 6.45) is 1.53. The van der Waals surface area contributed by atoms with Crippen LogP contribution in [0.1, 0.15) is 108 Å².